The molecule has 1 unspecified atom stereocenters. The van der Waals surface area contributed by atoms with Gasteiger partial charge in [0, 0.05) is 9.75 Å². The van der Waals surface area contributed by atoms with Crippen molar-refractivity contribution < 1.29 is 5.11 Å². The van der Waals surface area contributed by atoms with E-state index in [2.05, 4.69) is 39.8 Å². The van der Waals surface area contributed by atoms with Gasteiger partial charge in [-0.25, -0.2) is 0 Å². The molecule has 1 nitrogen and oxygen atoms in total. The minimum atomic E-state index is -0.468. The second kappa shape index (κ2) is 5.01. The first-order valence-electron chi connectivity index (χ1n) is 7.36. The summed E-state index contributed by atoms with van der Waals surface area (Å²) >= 11 is 1.80. The van der Waals surface area contributed by atoms with Crippen LogP contribution in [0.1, 0.15) is 55.7 Å². The van der Waals surface area contributed by atoms with E-state index in [0.717, 1.165) is 10.4 Å². The summed E-state index contributed by atoms with van der Waals surface area (Å²) in [4.78, 5) is 2.60. The molecule has 0 saturated carbocycles. The third-order valence-electron chi connectivity index (χ3n) is 4.73. The molecule has 1 heterocycles. The van der Waals surface area contributed by atoms with E-state index in [-0.39, 0.29) is 0 Å². The third kappa shape index (κ3) is 2.11. The molecule has 20 heavy (non-hydrogen) atoms. The summed E-state index contributed by atoms with van der Waals surface area (Å²) in [6, 6.07) is 4.45. The summed E-state index contributed by atoms with van der Waals surface area (Å²) in [5.74, 6) is 0. The molecule has 1 aliphatic rings. The Labute approximate surface area is 125 Å². The van der Waals surface area contributed by atoms with Gasteiger partial charge in [0.15, 0.2) is 0 Å². The van der Waals surface area contributed by atoms with E-state index in [0.29, 0.717) is 0 Å². The number of fused-ring (bicyclic) bond motifs is 1. The molecule has 0 fully saturated rings. The zero-order chi connectivity index (χ0) is 14.4. The van der Waals surface area contributed by atoms with E-state index in [1.165, 1.54) is 52.0 Å². The molecule has 0 bridgehead atoms. The largest absolute Gasteiger partial charge is 0.383 e. The molecule has 1 atom stereocenters. The Balaban J connectivity index is 2.08. The Kier molecular flexibility index (Phi) is 3.47. The summed E-state index contributed by atoms with van der Waals surface area (Å²) in [5, 5.41) is 10.9. The summed E-state index contributed by atoms with van der Waals surface area (Å²) in [6.45, 7) is 8.52. The Morgan fingerprint density at radius 1 is 1.00 bits per heavy atom. The van der Waals surface area contributed by atoms with Crippen LogP contribution in [0.2, 0.25) is 0 Å². The molecular formula is C18H22OS. The lowest BCUT2D eigenvalue weighted by atomic mass is 9.90. The van der Waals surface area contributed by atoms with Crippen LogP contribution in [0.3, 0.4) is 0 Å². The topological polar surface area (TPSA) is 20.2 Å². The van der Waals surface area contributed by atoms with E-state index in [4.69, 9.17) is 0 Å². The molecule has 0 amide bonds. The lowest BCUT2D eigenvalue weighted by Crippen LogP contribution is -2.06. The maximum atomic E-state index is 10.9. The monoisotopic (exact) mass is 286 g/mol. The van der Waals surface area contributed by atoms with Crippen LogP contribution in [0.15, 0.2) is 12.1 Å². The van der Waals surface area contributed by atoms with Crippen molar-refractivity contribution in [3.05, 3.63) is 55.3 Å². The minimum Gasteiger partial charge on any atom is -0.383 e. The molecule has 106 valence electrons. The quantitative estimate of drug-likeness (QED) is 0.858. The first-order valence-corrected chi connectivity index (χ1v) is 8.17. The van der Waals surface area contributed by atoms with Crippen molar-refractivity contribution in [3.8, 4) is 0 Å². The SMILES string of the molecule is Cc1cc(C)c(C)c(C(O)c2cc3c(s2)CCC3)c1C. The molecule has 0 spiro atoms. The van der Waals surface area contributed by atoms with Gasteiger partial charge in [-0.3, -0.25) is 0 Å². The second-order valence-corrected chi connectivity index (χ2v) is 7.20. The van der Waals surface area contributed by atoms with E-state index in [9.17, 15) is 5.11 Å². The fraction of sp³-hybridized carbons (Fsp3) is 0.444. The van der Waals surface area contributed by atoms with Crippen molar-refractivity contribution in [1.29, 1.82) is 0 Å². The lowest BCUT2D eigenvalue weighted by Gasteiger charge is -2.19. The van der Waals surface area contributed by atoms with Gasteiger partial charge in [0.2, 0.25) is 0 Å². The standard InChI is InChI=1S/C18H22OS/c1-10-8-11(2)13(4)17(12(10)3)18(19)16-9-14-6-5-7-15(14)20-16/h8-9,18-19H,5-7H2,1-4H3. The van der Waals surface area contributed by atoms with Gasteiger partial charge in [0.25, 0.3) is 0 Å². The highest BCUT2D eigenvalue weighted by atomic mass is 32.1. The highest BCUT2D eigenvalue weighted by Gasteiger charge is 2.23. The van der Waals surface area contributed by atoms with Crippen LogP contribution in [0, 0.1) is 27.7 Å². The van der Waals surface area contributed by atoms with Gasteiger partial charge in [0.05, 0.1) is 0 Å². The summed E-state index contributed by atoms with van der Waals surface area (Å²) < 4.78 is 0. The summed E-state index contributed by atoms with van der Waals surface area (Å²) in [7, 11) is 0. The van der Waals surface area contributed by atoms with Gasteiger partial charge in [-0.05, 0) is 86.4 Å². The fourth-order valence-electron chi connectivity index (χ4n) is 3.29. The molecule has 2 aromatic rings. The number of hydrogen-bond acceptors (Lipinski definition) is 2. The number of hydrogen-bond donors (Lipinski definition) is 1. The first kappa shape index (κ1) is 13.8. The number of rotatable bonds is 2. The van der Waals surface area contributed by atoms with Gasteiger partial charge >= 0.3 is 0 Å². The van der Waals surface area contributed by atoms with Crippen LogP contribution in [-0.4, -0.2) is 5.11 Å². The van der Waals surface area contributed by atoms with Crippen LogP contribution < -0.4 is 0 Å². The summed E-state index contributed by atoms with van der Waals surface area (Å²) in [5.41, 5.74) is 7.58. The van der Waals surface area contributed by atoms with Crippen molar-refractivity contribution in [3.63, 3.8) is 0 Å². The minimum absolute atomic E-state index is 0.468. The summed E-state index contributed by atoms with van der Waals surface area (Å²) in [6.07, 6.45) is 3.18. The van der Waals surface area contributed by atoms with Gasteiger partial charge in [0.1, 0.15) is 6.10 Å². The van der Waals surface area contributed by atoms with Crippen LogP contribution in [0.4, 0.5) is 0 Å². The van der Waals surface area contributed by atoms with Crippen LogP contribution >= 0.6 is 11.3 Å². The molecule has 0 aliphatic heterocycles. The number of thiophene rings is 1. The molecule has 1 N–H and O–H groups in total. The molecule has 1 aromatic carbocycles. The zero-order valence-corrected chi connectivity index (χ0v) is 13.5. The average molecular weight is 286 g/mol. The molecule has 3 rings (SSSR count). The molecule has 0 saturated heterocycles. The molecule has 1 aliphatic carbocycles. The van der Waals surface area contributed by atoms with E-state index >= 15 is 0 Å². The van der Waals surface area contributed by atoms with Gasteiger partial charge in [-0.15, -0.1) is 11.3 Å². The number of benzene rings is 1. The van der Waals surface area contributed by atoms with Crippen molar-refractivity contribution in [2.75, 3.05) is 0 Å². The smallest absolute Gasteiger partial charge is 0.114 e. The highest BCUT2D eigenvalue weighted by Crippen LogP contribution is 2.38. The van der Waals surface area contributed by atoms with Crippen molar-refractivity contribution in [2.24, 2.45) is 0 Å². The lowest BCUT2D eigenvalue weighted by molar-refractivity contribution is 0.222. The molecular weight excluding hydrogens is 264 g/mol. The van der Waals surface area contributed by atoms with Gasteiger partial charge in [-0.1, -0.05) is 6.07 Å². The van der Waals surface area contributed by atoms with Gasteiger partial charge < -0.3 is 5.11 Å². The third-order valence-corrected chi connectivity index (χ3v) is 6.02. The Morgan fingerprint density at radius 3 is 2.25 bits per heavy atom. The number of aryl methyl sites for hydroxylation is 4. The Hall–Kier alpha value is -1.12. The maximum Gasteiger partial charge on any atom is 0.114 e. The maximum absolute atomic E-state index is 10.9. The van der Waals surface area contributed by atoms with Crippen LogP contribution in [0.25, 0.3) is 0 Å². The van der Waals surface area contributed by atoms with E-state index in [1.54, 1.807) is 11.3 Å². The number of aliphatic hydroxyl groups excluding tert-OH is 1. The number of aliphatic hydroxyl groups is 1. The fourth-order valence-corrected chi connectivity index (χ4v) is 4.54. The van der Waals surface area contributed by atoms with E-state index in [1.807, 2.05) is 0 Å². The average Bonchev–Trinajstić information content (AvgIpc) is 2.97. The second-order valence-electron chi connectivity index (χ2n) is 6.03. The van der Waals surface area contributed by atoms with Crippen molar-refractivity contribution in [1.82, 2.24) is 0 Å². The van der Waals surface area contributed by atoms with E-state index < -0.39 is 6.10 Å². The van der Waals surface area contributed by atoms with Crippen molar-refractivity contribution in [2.45, 2.75) is 53.1 Å². The predicted octanol–water partition coefficient (Wildman–Crippen LogP) is 4.55. The Bertz CT molecular complexity index is 619. The molecule has 0 radical (unpaired) electrons. The normalized spacial score (nSPS) is 15.4. The highest BCUT2D eigenvalue weighted by molar-refractivity contribution is 7.12. The Morgan fingerprint density at radius 2 is 1.65 bits per heavy atom. The van der Waals surface area contributed by atoms with Crippen LogP contribution in [-0.2, 0) is 12.8 Å². The van der Waals surface area contributed by atoms with Crippen LogP contribution in [0.5, 0.6) is 0 Å². The molecule has 2 heteroatoms. The van der Waals surface area contributed by atoms with Gasteiger partial charge in [-0.2, -0.15) is 0 Å². The zero-order valence-electron chi connectivity index (χ0n) is 12.7. The first-order chi connectivity index (χ1) is 9.49. The molecule has 1 aromatic heterocycles. The predicted molar refractivity (Wildman–Crippen MR) is 85.8 cm³/mol. The van der Waals surface area contributed by atoms with Crippen molar-refractivity contribution >= 4 is 11.3 Å².